The summed E-state index contributed by atoms with van der Waals surface area (Å²) in [5.74, 6) is 0.959. The minimum atomic E-state index is -0.419. The summed E-state index contributed by atoms with van der Waals surface area (Å²) < 4.78 is 10.3. The van der Waals surface area contributed by atoms with Crippen LogP contribution >= 0.6 is 0 Å². The van der Waals surface area contributed by atoms with Crippen LogP contribution in [-0.4, -0.2) is 37.0 Å². The second kappa shape index (κ2) is 10.8. The van der Waals surface area contributed by atoms with Crippen molar-refractivity contribution in [2.75, 3.05) is 25.5 Å². The zero-order chi connectivity index (χ0) is 22.2. The maximum atomic E-state index is 12.3. The second-order valence-electron chi connectivity index (χ2n) is 7.98. The molecule has 0 unspecified atom stereocenters. The van der Waals surface area contributed by atoms with E-state index in [2.05, 4.69) is 29.3 Å². The number of hydrogen-bond donors (Lipinski definition) is 1. The SMILES string of the molecule is COc1cc(/C=C/C(=O)Nc2ccc(CN3CCC(C)CC3)cc2)ccc1OC(C)=O. The summed E-state index contributed by atoms with van der Waals surface area (Å²) in [6.07, 6.45) is 5.67. The number of hydrogen-bond acceptors (Lipinski definition) is 5. The number of benzene rings is 2. The summed E-state index contributed by atoms with van der Waals surface area (Å²) in [6.45, 7) is 6.90. The number of carbonyl (C=O) groups excluding carboxylic acids is 2. The Morgan fingerprint density at radius 2 is 1.81 bits per heavy atom. The first kappa shape index (κ1) is 22.6. The summed E-state index contributed by atoms with van der Waals surface area (Å²) in [7, 11) is 1.50. The van der Waals surface area contributed by atoms with Crippen LogP contribution in [0.1, 0.15) is 37.8 Å². The molecule has 0 atom stereocenters. The Hall–Kier alpha value is -3.12. The van der Waals surface area contributed by atoms with Crippen molar-refractivity contribution in [2.24, 2.45) is 5.92 Å². The van der Waals surface area contributed by atoms with E-state index in [1.54, 1.807) is 24.3 Å². The first-order chi connectivity index (χ1) is 14.9. The zero-order valence-corrected chi connectivity index (χ0v) is 18.4. The van der Waals surface area contributed by atoms with E-state index in [0.29, 0.717) is 11.5 Å². The van der Waals surface area contributed by atoms with Crippen molar-refractivity contribution < 1.29 is 19.1 Å². The summed E-state index contributed by atoms with van der Waals surface area (Å²) in [5, 5.41) is 2.87. The largest absolute Gasteiger partial charge is 0.493 e. The highest BCUT2D eigenvalue weighted by atomic mass is 16.6. The Morgan fingerprint density at radius 1 is 1.10 bits per heavy atom. The fourth-order valence-electron chi connectivity index (χ4n) is 3.55. The average molecular weight is 423 g/mol. The molecule has 1 fully saturated rings. The van der Waals surface area contributed by atoms with Gasteiger partial charge in [-0.25, -0.2) is 0 Å². The van der Waals surface area contributed by atoms with Crippen LogP contribution in [0.25, 0.3) is 6.08 Å². The minimum absolute atomic E-state index is 0.221. The fraction of sp³-hybridized carbons (Fsp3) is 0.360. The van der Waals surface area contributed by atoms with Crippen molar-refractivity contribution >= 4 is 23.6 Å². The predicted molar refractivity (Wildman–Crippen MR) is 122 cm³/mol. The lowest BCUT2D eigenvalue weighted by atomic mass is 9.99. The van der Waals surface area contributed by atoms with E-state index in [9.17, 15) is 9.59 Å². The van der Waals surface area contributed by atoms with Crippen LogP contribution in [0.5, 0.6) is 11.5 Å². The van der Waals surface area contributed by atoms with E-state index in [1.807, 2.05) is 12.1 Å². The molecule has 1 amide bonds. The van der Waals surface area contributed by atoms with Gasteiger partial charge >= 0.3 is 5.97 Å². The van der Waals surface area contributed by atoms with Gasteiger partial charge in [0.15, 0.2) is 11.5 Å². The van der Waals surface area contributed by atoms with Gasteiger partial charge in [-0.1, -0.05) is 25.1 Å². The van der Waals surface area contributed by atoms with Crippen molar-refractivity contribution in [1.29, 1.82) is 0 Å². The zero-order valence-electron chi connectivity index (χ0n) is 18.4. The third kappa shape index (κ3) is 6.96. The Labute approximate surface area is 183 Å². The van der Waals surface area contributed by atoms with Gasteiger partial charge in [0.25, 0.3) is 0 Å². The van der Waals surface area contributed by atoms with E-state index in [1.165, 1.54) is 38.5 Å². The smallest absolute Gasteiger partial charge is 0.308 e. The lowest BCUT2D eigenvalue weighted by Crippen LogP contribution is -2.32. The van der Waals surface area contributed by atoms with E-state index < -0.39 is 5.97 Å². The molecule has 0 radical (unpaired) electrons. The van der Waals surface area contributed by atoms with Crippen molar-refractivity contribution in [1.82, 2.24) is 4.90 Å². The molecule has 1 aliphatic heterocycles. The maximum absolute atomic E-state index is 12.3. The number of piperidine rings is 1. The van der Waals surface area contributed by atoms with Crippen LogP contribution in [0.4, 0.5) is 5.69 Å². The highest BCUT2D eigenvalue weighted by Gasteiger charge is 2.15. The molecule has 164 valence electrons. The molecule has 6 heteroatoms. The molecule has 1 N–H and O–H groups in total. The van der Waals surface area contributed by atoms with Crippen LogP contribution in [0.15, 0.2) is 48.5 Å². The molecule has 1 aliphatic rings. The van der Waals surface area contributed by atoms with E-state index in [0.717, 1.165) is 36.8 Å². The topological polar surface area (TPSA) is 67.9 Å². The van der Waals surface area contributed by atoms with Gasteiger partial charge in [0.1, 0.15) is 0 Å². The number of methoxy groups -OCH3 is 1. The number of anilines is 1. The van der Waals surface area contributed by atoms with Crippen molar-refractivity contribution in [3.05, 3.63) is 59.7 Å². The van der Waals surface area contributed by atoms with Gasteiger partial charge in [0.2, 0.25) is 5.91 Å². The molecule has 0 aliphatic carbocycles. The monoisotopic (exact) mass is 422 g/mol. The van der Waals surface area contributed by atoms with Crippen LogP contribution in [0, 0.1) is 5.92 Å². The average Bonchev–Trinajstić information content (AvgIpc) is 2.75. The van der Waals surface area contributed by atoms with Crippen molar-refractivity contribution in [3.63, 3.8) is 0 Å². The highest BCUT2D eigenvalue weighted by Crippen LogP contribution is 2.28. The normalized spacial score (nSPS) is 15.1. The molecule has 1 heterocycles. The standard InChI is InChI=1S/C25H30N2O4/c1-18-12-14-27(15-13-18)17-21-4-8-22(9-5-21)26-25(29)11-7-20-6-10-23(31-19(2)28)24(16-20)30-3/h4-11,16,18H,12-15,17H2,1-3H3,(H,26,29)/b11-7+. The van der Waals surface area contributed by atoms with Gasteiger partial charge in [-0.3, -0.25) is 14.5 Å². The number of esters is 1. The Morgan fingerprint density at radius 3 is 2.45 bits per heavy atom. The number of nitrogens with one attached hydrogen (secondary N) is 1. The fourth-order valence-corrected chi connectivity index (χ4v) is 3.55. The van der Waals surface area contributed by atoms with Crippen LogP contribution in [0.3, 0.4) is 0 Å². The quantitative estimate of drug-likeness (QED) is 0.404. The van der Waals surface area contributed by atoms with Gasteiger partial charge < -0.3 is 14.8 Å². The molecule has 0 aromatic heterocycles. The van der Waals surface area contributed by atoms with Crippen LogP contribution < -0.4 is 14.8 Å². The summed E-state index contributed by atoms with van der Waals surface area (Å²) in [4.78, 5) is 25.9. The number of amides is 1. The maximum Gasteiger partial charge on any atom is 0.308 e. The molecule has 2 aromatic rings. The minimum Gasteiger partial charge on any atom is -0.493 e. The summed E-state index contributed by atoms with van der Waals surface area (Å²) >= 11 is 0. The lowest BCUT2D eigenvalue weighted by molar-refractivity contribution is -0.132. The van der Waals surface area contributed by atoms with E-state index >= 15 is 0 Å². The lowest BCUT2D eigenvalue weighted by Gasteiger charge is -2.30. The highest BCUT2D eigenvalue weighted by molar-refractivity contribution is 6.01. The molecule has 1 saturated heterocycles. The number of carbonyl (C=O) groups is 2. The molecular weight excluding hydrogens is 392 g/mol. The van der Waals surface area contributed by atoms with Gasteiger partial charge in [0.05, 0.1) is 7.11 Å². The van der Waals surface area contributed by atoms with E-state index in [4.69, 9.17) is 9.47 Å². The molecule has 0 saturated carbocycles. The number of ether oxygens (including phenoxy) is 2. The van der Waals surface area contributed by atoms with Crippen LogP contribution in [-0.2, 0) is 16.1 Å². The molecule has 0 bridgehead atoms. The molecule has 31 heavy (non-hydrogen) atoms. The summed E-state index contributed by atoms with van der Waals surface area (Å²) in [6, 6.07) is 13.1. The van der Waals surface area contributed by atoms with Crippen molar-refractivity contribution in [3.8, 4) is 11.5 Å². The molecular formula is C25H30N2O4. The first-order valence-corrected chi connectivity index (χ1v) is 10.6. The molecule has 3 rings (SSSR count). The van der Waals surface area contributed by atoms with Gasteiger partial charge in [0, 0.05) is 25.2 Å². The Balaban J connectivity index is 1.54. The second-order valence-corrected chi connectivity index (χ2v) is 7.98. The van der Waals surface area contributed by atoms with Gasteiger partial charge in [-0.15, -0.1) is 0 Å². The first-order valence-electron chi connectivity index (χ1n) is 10.6. The Bertz CT molecular complexity index is 929. The van der Waals surface area contributed by atoms with Gasteiger partial charge in [-0.05, 0) is 73.3 Å². The molecule has 0 spiro atoms. The number of nitrogens with zero attached hydrogens (tertiary/aromatic N) is 1. The number of likely N-dealkylation sites (tertiary alicyclic amines) is 1. The van der Waals surface area contributed by atoms with Crippen LogP contribution in [0.2, 0.25) is 0 Å². The third-order valence-electron chi connectivity index (χ3n) is 5.37. The Kier molecular flexibility index (Phi) is 7.84. The van der Waals surface area contributed by atoms with E-state index in [-0.39, 0.29) is 5.91 Å². The summed E-state index contributed by atoms with van der Waals surface area (Å²) in [5.41, 5.74) is 2.77. The predicted octanol–water partition coefficient (Wildman–Crippen LogP) is 4.50. The van der Waals surface area contributed by atoms with Crippen molar-refractivity contribution in [2.45, 2.75) is 33.2 Å². The molecule has 2 aromatic carbocycles. The number of rotatable bonds is 7. The van der Waals surface area contributed by atoms with Gasteiger partial charge in [-0.2, -0.15) is 0 Å². The molecule has 6 nitrogen and oxygen atoms in total. The third-order valence-corrected chi connectivity index (χ3v) is 5.37.